The van der Waals surface area contributed by atoms with Crippen LogP contribution in [0.25, 0.3) is 0 Å². The van der Waals surface area contributed by atoms with E-state index in [-0.39, 0.29) is 23.0 Å². The van der Waals surface area contributed by atoms with Crippen molar-refractivity contribution in [1.29, 1.82) is 0 Å². The molecule has 0 radical (unpaired) electrons. The Hall–Kier alpha value is -0.820. The molecule has 6 nitrogen and oxygen atoms in total. The van der Waals surface area contributed by atoms with Crippen LogP contribution >= 0.6 is 0 Å². The van der Waals surface area contributed by atoms with Crippen molar-refractivity contribution < 1.29 is 13.6 Å². The van der Waals surface area contributed by atoms with Crippen LogP contribution in [-0.4, -0.2) is 55.0 Å². The van der Waals surface area contributed by atoms with Crippen LogP contribution in [0, 0.1) is 5.41 Å². The van der Waals surface area contributed by atoms with Gasteiger partial charge in [-0.2, -0.15) is 0 Å². The molecule has 0 aromatic carbocycles. The molecule has 18 heavy (non-hydrogen) atoms. The zero-order chi connectivity index (χ0) is 13.4. The largest absolute Gasteiger partial charge is 0.409 e. The van der Waals surface area contributed by atoms with E-state index >= 15 is 0 Å². The molecule has 1 unspecified atom stereocenters. The van der Waals surface area contributed by atoms with E-state index in [1.807, 2.05) is 6.92 Å². The first-order chi connectivity index (χ1) is 8.36. The Bertz CT molecular complexity index is 438. The van der Waals surface area contributed by atoms with E-state index < -0.39 is 9.84 Å². The van der Waals surface area contributed by atoms with Crippen LogP contribution in [0.3, 0.4) is 0 Å². The number of amidine groups is 1. The number of rotatable bonds is 2. The summed E-state index contributed by atoms with van der Waals surface area (Å²) in [5.74, 6) is 0.875. The molecule has 0 aliphatic carbocycles. The van der Waals surface area contributed by atoms with Crippen LogP contribution in [-0.2, 0) is 9.84 Å². The molecule has 2 aliphatic heterocycles. The van der Waals surface area contributed by atoms with Gasteiger partial charge in [0.2, 0.25) is 0 Å². The molecule has 2 fully saturated rings. The minimum absolute atomic E-state index is 0.159. The van der Waals surface area contributed by atoms with Crippen LogP contribution in [0.2, 0.25) is 0 Å². The molecule has 0 aromatic rings. The SMILES string of the molecule is CC1(C(N)=NO)CCN(C2CCS(=O)(=O)C2)CC1. The van der Waals surface area contributed by atoms with E-state index in [0.29, 0.717) is 5.75 Å². The van der Waals surface area contributed by atoms with Crippen LogP contribution in [0.1, 0.15) is 26.2 Å². The topological polar surface area (TPSA) is 96.0 Å². The molecule has 7 heteroatoms. The summed E-state index contributed by atoms with van der Waals surface area (Å²) in [7, 11) is -2.82. The number of hydrogen-bond donors (Lipinski definition) is 2. The molecule has 0 bridgehead atoms. The fourth-order valence-corrected chi connectivity index (χ4v) is 4.58. The molecule has 0 amide bonds. The second-order valence-electron chi connectivity index (χ2n) is 5.64. The third-order valence-corrected chi connectivity index (χ3v) is 6.10. The molecule has 104 valence electrons. The van der Waals surface area contributed by atoms with E-state index in [9.17, 15) is 8.42 Å². The molecular formula is C11H21N3O3S. The summed E-state index contributed by atoms with van der Waals surface area (Å²) in [6, 6.07) is 0.159. The number of nitrogens with zero attached hydrogens (tertiary/aromatic N) is 2. The second kappa shape index (κ2) is 4.70. The monoisotopic (exact) mass is 275 g/mol. The highest BCUT2D eigenvalue weighted by Crippen LogP contribution is 2.33. The number of hydrogen-bond acceptors (Lipinski definition) is 5. The summed E-state index contributed by atoms with van der Waals surface area (Å²) in [5, 5.41) is 11.9. The van der Waals surface area contributed by atoms with E-state index in [4.69, 9.17) is 10.9 Å². The van der Waals surface area contributed by atoms with Crippen molar-refractivity contribution in [2.45, 2.75) is 32.2 Å². The van der Waals surface area contributed by atoms with Gasteiger partial charge in [-0.25, -0.2) is 8.42 Å². The van der Waals surface area contributed by atoms with E-state index in [2.05, 4.69) is 10.1 Å². The lowest BCUT2D eigenvalue weighted by Gasteiger charge is -2.40. The average Bonchev–Trinajstić information content (AvgIpc) is 2.69. The van der Waals surface area contributed by atoms with E-state index in [1.54, 1.807) is 0 Å². The lowest BCUT2D eigenvalue weighted by Crippen LogP contribution is -2.49. The molecule has 3 N–H and O–H groups in total. The first-order valence-corrected chi connectivity index (χ1v) is 8.11. The normalized spacial score (nSPS) is 32.5. The summed E-state index contributed by atoms with van der Waals surface area (Å²) in [6.45, 7) is 3.62. The third kappa shape index (κ3) is 2.61. The van der Waals surface area contributed by atoms with Crippen molar-refractivity contribution in [2.75, 3.05) is 24.6 Å². The number of piperidine rings is 1. The van der Waals surface area contributed by atoms with E-state index in [0.717, 1.165) is 32.4 Å². The summed E-state index contributed by atoms with van der Waals surface area (Å²) < 4.78 is 22.9. The average molecular weight is 275 g/mol. The maximum atomic E-state index is 11.5. The molecule has 2 saturated heterocycles. The summed E-state index contributed by atoms with van der Waals surface area (Å²) in [6.07, 6.45) is 2.35. The number of likely N-dealkylation sites (tertiary alicyclic amines) is 1. The Labute approximate surface area is 108 Å². The standard InChI is InChI=1S/C11H21N3O3S/c1-11(10(12)13-15)3-5-14(6-4-11)9-2-7-18(16,17)8-9/h9,15H,2-8H2,1H3,(H2,12,13). The summed E-state index contributed by atoms with van der Waals surface area (Å²) in [5.41, 5.74) is 5.45. The summed E-state index contributed by atoms with van der Waals surface area (Å²) in [4.78, 5) is 2.23. The minimum atomic E-state index is -2.82. The molecule has 0 aromatic heterocycles. The maximum Gasteiger partial charge on any atom is 0.151 e. The van der Waals surface area contributed by atoms with Gasteiger partial charge in [-0.15, -0.1) is 0 Å². The van der Waals surface area contributed by atoms with Gasteiger partial charge in [0.1, 0.15) is 5.84 Å². The zero-order valence-corrected chi connectivity index (χ0v) is 11.5. The van der Waals surface area contributed by atoms with Gasteiger partial charge in [0.15, 0.2) is 9.84 Å². The fourth-order valence-electron chi connectivity index (χ4n) is 2.82. The predicted molar refractivity (Wildman–Crippen MR) is 69.4 cm³/mol. The Morgan fingerprint density at radius 1 is 1.44 bits per heavy atom. The highest BCUT2D eigenvalue weighted by molar-refractivity contribution is 7.91. The third-order valence-electron chi connectivity index (χ3n) is 4.35. The van der Waals surface area contributed by atoms with Gasteiger partial charge in [0, 0.05) is 11.5 Å². The minimum Gasteiger partial charge on any atom is -0.409 e. The molecular weight excluding hydrogens is 254 g/mol. The van der Waals surface area contributed by atoms with Gasteiger partial charge >= 0.3 is 0 Å². The number of oxime groups is 1. The number of nitrogens with two attached hydrogens (primary N) is 1. The van der Waals surface area contributed by atoms with E-state index in [1.165, 1.54) is 0 Å². The van der Waals surface area contributed by atoms with Crippen LogP contribution in [0.15, 0.2) is 5.16 Å². The number of sulfone groups is 1. The Balaban J connectivity index is 1.95. The van der Waals surface area contributed by atoms with Gasteiger partial charge in [-0.05, 0) is 32.4 Å². The highest BCUT2D eigenvalue weighted by Gasteiger charge is 2.39. The van der Waals surface area contributed by atoms with Gasteiger partial charge in [0.05, 0.1) is 11.5 Å². The van der Waals surface area contributed by atoms with Gasteiger partial charge in [-0.3, -0.25) is 4.90 Å². The Morgan fingerprint density at radius 2 is 2.06 bits per heavy atom. The lowest BCUT2D eigenvalue weighted by atomic mass is 9.79. The van der Waals surface area contributed by atoms with Crippen molar-refractivity contribution in [3.05, 3.63) is 0 Å². The Kier molecular flexibility index (Phi) is 3.55. The van der Waals surface area contributed by atoms with Crippen molar-refractivity contribution in [3.8, 4) is 0 Å². The molecule has 0 saturated carbocycles. The van der Waals surface area contributed by atoms with Crippen molar-refractivity contribution >= 4 is 15.7 Å². The second-order valence-corrected chi connectivity index (χ2v) is 7.87. The zero-order valence-electron chi connectivity index (χ0n) is 10.7. The predicted octanol–water partition coefficient (Wildman–Crippen LogP) is 0.0220. The van der Waals surface area contributed by atoms with Gasteiger partial charge in [-0.1, -0.05) is 12.1 Å². The molecule has 2 heterocycles. The van der Waals surface area contributed by atoms with Crippen LogP contribution in [0.5, 0.6) is 0 Å². The quantitative estimate of drug-likeness (QED) is 0.320. The smallest absolute Gasteiger partial charge is 0.151 e. The summed E-state index contributed by atoms with van der Waals surface area (Å²) >= 11 is 0. The first kappa shape index (κ1) is 13.6. The van der Waals surface area contributed by atoms with Crippen molar-refractivity contribution in [3.63, 3.8) is 0 Å². The van der Waals surface area contributed by atoms with Gasteiger partial charge < -0.3 is 10.9 Å². The fraction of sp³-hybridized carbons (Fsp3) is 0.909. The van der Waals surface area contributed by atoms with Gasteiger partial charge in [0.25, 0.3) is 0 Å². The Morgan fingerprint density at radius 3 is 2.50 bits per heavy atom. The lowest BCUT2D eigenvalue weighted by molar-refractivity contribution is 0.124. The van der Waals surface area contributed by atoms with Crippen LogP contribution < -0.4 is 5.73 Å². The highest BCUT2D eigenvalue weighted by atomic mass is 32.2. The molecule has 2 aliphatic rings. The first-order valence-electron chi connectivity index (χ1n) is 6.29. The molecule has 1 atom stereocenters. The van der Waals surface area contributed by atoms with Crippen LogP contribution in [0.4, 0.5) is 0 Å². The van der Waals surface area contributed by atoms with Crippen molar-refractivity contribution in [2.24, 2.45) is 16.3 Å². The van der Waals surface area contributed by atoms with Crippen molar-refractivity contribution in [1.82, 2.24) is 4.90 Å². The maximum absolute atomic E-state index is 11.5. The molecule has 0 spiro atoms. The molecule has 2 rings (SSSR count).